The van der Waals surface area contributed by atoms with Crippen LogP contribution in [-0.2, 0) is 0 Å². The zero-order chi connectivity index (χ0) is 18.5. The summed E-state index contributed by atoms with van der Waals surface area (Å²) in [6.45, 7) is 0. The fraction of sp³-hybridized carbons (Fsp3) is 0. The first kappa shape index (κ1) is 16.5. The van der Waals surface area contributed by atoms with Crippen LogP contribution >= 0.6 is 0 Å². The van der Waals surface area contributed by atoms with Crippen molar-refractivity contribution in [3.63, 3.8) is 0 Å². The van der Waals surface area contributed by atoms with E-state index in [1.165, 1.54) is 0 Å². The van der Waals surface area contributed by atoms with Crippen molar-refractivity contribution in [2.75, 3.05) is 5.32 Å². The highest BCUT2D eigenvalue weighted by molar-refractivity contribution is 6.05. The normalized spacial score (nSPS) is 10.4. The lowest BCUT2D eigenvalue weighted by atomic mass is 10.2. The lowest BCUT2D eigenvalue weighted by Gasteiger charge is -2.11. The van der Waals surface area contributed by atoms with E-state index in [4.69, 9.17) is 4.74 Å². The standard InChI is InChI=1S/C21H16N4O2/c26-21(23-19-8-4-5-9-20(19)25-15-14-22-24-25)16-10-12-18(13-11-16)27-17-6-2-1-3-7-17/h1-15H,(H,23,26). The molecule has 0 spiro atoms. The summed E-state index contributed by atoms with van der Waals surface area (Å²) in [7, 11) is 0. The van der Waals surface area contributed by atoms with Crippen LogP contribution < -0.4 is 10.1 Å². The van der Waals surface area contributed by atoms with Gasteiger partial charge in [-0.2, -0.15) is 0 Å². The van der Waals surface area contributed by atoms with Gasteiger partial charge in [0.05, 0.1) is 23.8 Å². The number of hydrogen-bond acceptors (Lipinski definition) is 4. The summed E-state index contributed by atoms with van der Waals surface area (Å²) in [5.41, 5.74) is 1.92. The average Bonchev–Trinajstić information content (AvgIpc) is 3.24. The van der Waals surface area contributed by atoms with Crippen molar-refractivity contribution >= 4 is 11.6 Å². The molecule has 0 fully saturated rings. The minimum atomic E-state index is -0.214. The summed E-state index contributed by atoms with van der Waals surface area (Å²) >= 11 is 0. The van der Waals surface area contributed by atoms with Gasteiger partial charge in [0, 0.05) is 5.56 Å². The Morgan fingerprint density at radius 1 is 0.852 bits per heavy atom. The van der Waals surface area contributed by atoms with Crippen LogP contribution in [0.1, 0.15) is 10.4 Å². The molecule has 0 aliphatic carbocycles. The fourth-order valence-electron chi connectivity index (χ4n) is 2.61. The Hall–Kier alpha value is -3.93. The molecular weight excluding hydrogens is 340 g/mol. The molecule has 6 heteroatoms. The second-order valence-corrected chi connectivity index (χ2v) is 5.76. The number of aromatic nitrogens is 3. The third-order valence-corrected chi connectivity index (χ3v) is 3.92. The molecule has 4 aromatic rings. The Morgan fingerprint density at radius 2 is 1.56 bits per heavy atom. The van der Waals surface area contributed by atoms with Crippen LogP contribution in [0.5, 0.6) is 11.5 Å². The lowest BCUT2D eigenvalue weighted by Crippen LogP contribution is -2.14. The third kappa shape index (κ3) is 3.85. The molecule has 0 radical (unpaired) electrons. The van der Waals surface area contributed by atoms with Crippen molar-refractivity contribution in [1.29, 1.82) is 0 Å². The first-order chi connectivity index (χ1) is 13.3. The minimum Gasteiger partial charge on any atom is -0.457 e. The van der Waals surface area contributed by atoms with Gasteiger partial charge in [-0.25, -0.2) is 4.68 Å². The van der Waals surface area contributed by atoms with E-state index < -0.39 is 0 Å². The Kier molecular flexibility index (Phi) is 4.61. The van der Waals surface area contributed by atoms with Crippen LogP contribution in [0.4, 0.5) is 5.69 Å². The third-order valence-electron chi connectivity index (χ3n) is 3.92. The van der Waals surface area contributed by atoms with Crippen LogP contribution in [0.15, 0.2) is 91.3 Å². The molecule has 0 bridgehead atoms. The molecule has 3 aromatic carbocycles. The Bertz CT molecular complexity index is 1030. The van der Waals surface area contributed by atoms with E-state index in [2.05, 4.69) is 15.6 Å². The molecule has 0 aliphatic heterocycles. The molecule has 132 valence electrons. The highest BCUT2D eigenvalue weighted by atomic mass is 16.5. The van der Waals surface area contributed by atoms with Crippen LogP contribution in [0.3, 0.4) is 0 Å². The average molecular weight is 356 g/mol. The van der Waals surface area contributed by atoms with Gasteiger partial charge in [-0.3, -0.25) is 4.79 Å². The number of rotatable bonds is 5. The van der Waals surface area contributed by atoms with Gasteiger partial charge in [0.1, 0.15) is 11.5 Å². The maximum atomic E-state index is 12.6. The van der Waals surface area contributed by atoms with E-state index in [1.807, 2.05) is 54.6 Å². The van der Waals surface area contributed by atoms with E-state index in [0.717, 1.165) is 11.4 Å². The van der Waals surface area contributed by atoms with Crippen molar-refractivity contribution < 1.29 is 9.53 Å². The van der Waals surface area contributed by atoms with Crippen molar-refractivity contribution in [1.82, 2.24) is 15.0 Å². The number of ether oxygens (including phenoxy) is 1. The fourth-order valence-corrected chi connectivity index (χ4v) is 2.61. The first-order valence-corrected chi connectivity index (χ1v) is 8.40. The highest BCUT2D eigenvalue weighted by Crippen LogP contribution is 2.23. The van der Waals surface area contributed by atoms with Gasteiger partial charge in [-0.15, -0.1) is 5.10 Å². The largest absolute Gasteiger partial charge is 0.457 e. The highest BCUT2D eigenvalue weighted by Gasteiger charge is 2.11. The molecule has 1 amide bonds. The van der Waals surface area contributed by atoms with Gasteiger partial charge in [0.25, 0.3) is 5.91 Å². The van der Waals surface area contributed by atoms with Gasteiger partial charge in [0.15, 0.2) is 0 Å². The lowest BCUT2D eigenvalue weighted by molar-refractivity contribution is 0.102. The Morgan fingerprint density at radius 3 is 2.30 bits per heavy atom. The summed E-state index contributed by atoms with van der Waals surface area (Å²) < 4.78 is 7.35. The van der Waals surface area contributed by atoms with Crippen LogP contribution in [0.25, 0.3) is 5.69 Å². The van der Waals surface area contributed by atoms with Crippen molar-refractivity contribution in [2.24, 2.45) is 0 Å². The number of hydrogen-bond donors (Lipinski definition) is 1. The Balaban J connectivity index is 1.49. The molecule has 1 heterocycles. The molecule has 1 N–H and O–H groups in total. The van der Waals surface area contributed by atoms with E-state index >= 15 is 0 Å². The van der Waals surface area contributed by atoms with Gasteiger partial charge in [0.2, 0.25) is 0 Å². The zero-order valence-corrected chi connectivity index (χ0v) is 14.3. The molecule has 0 aliphatic rings. The molecule has 0 saturated carbocycles. The molecule has 6 nitrogen and oxygen atoms in total. The minimum absolute atomic E-state index is 0.214. The second-order valence-electron chi connectivity index (χ2n) is 5.76. The molecule has 0 saturated heterocycles. The maximum Gasteiger partial charge on any atom is 0.255 e. The number of para-hydroxylation sites is 3. The topological polar surface area (TPSA) is 69.0 Å². The maximum absolute atomic E-state index is 12.6. The quantitative estimate of drug-likeness (QED) is 0.578. The number of amides is 1. The zero-order valence-electron chi connectivity index (χ0n) is 14.3. The predicted octanol–water partition coefficient (Wildman–Crippen LogP) is 4.31. The van der Waals surface area contributed by atoms with Crippen LogP contribution in [0.2, 0.25) is 0 Å². The van der Waals surface area contributed by atoms with Gasteiger partial charge in [-0.05, 0) is 48.5 Å². The van der Waals surface area contributed by atoms with Gasteiger partial charge >= 0.3 is 0 Å². The summed E-state index contributed by atoms with van der Waals surface area (Å²) in [6, 6.07) is 23.9. The molecule has 0 unspecified atom stereocenters. The number of nitrogens with zero attached hydrogens (tertiary/aromatic N) is 3. The molecule has 27 heavy (non-hydrogen) atoms. The van der Waals surface area contributed by atoms with E-state index in [-0.39, 0.29) is 5.91 Å². The molecule has 4 rings (SSSR count). The van der Waals surface area contributed by atoms with Crippen molar-refractivity contribution in [2.45, 2.75) is 0 Å². The number of carbonyl (C=O) groups is 1. The van der Waals surface area contributed by atoms with Crippen molar-refractivity contribution in [3.05, 3.63) is 96.8 Å². The van der Waals surface area contributed by atoms with Crippen molar-refractivity contribution in [3.8, 4) is 17.2 Å². The molecule has 0 atom stereocenters. The number of benzene rings is 3. The predicted molar refractivity (Wildman–Crippen MR) is 102 cm³/mol. The summed E-state index contributed by atoms with van der Waals surface area (Å²) in [6.07, 6.45) is 3.31. The SMILES string of the molecule is O=C(Nc1ccccc1-n1ccnn1)c1ccc(Oc2ccccc2)cc1. The summed E-state index contributed by atoms with van der Waals surface area (Å²) in [5, 5.41) is 10.7. The van der Waals surface area contributed by atoms with E-state index in [9.17, 15) is 4.79 Å². The Labute approximate surface area is 156 Å². The summed E-state index contributed by atoms with van der Waals surface area (Å²) in [4.78, 5) is 12.6. The second kappa shape index (κ2) is 7.53. The smallest absolute Gasteiger partial charge is 0.255 e. The van der Waals surface area contributed by atoms with Gasteiger partial charge < -0.3 is 10.1 Å². The first-order valence-electron chi connectivity index (χ1n) is 8.40. The van der Waals surface area contributed by atoms with E-state index in [1.54, 1.807) is 41.3 Å². The number of nitrogens with one attached hydrogen (secondary N) is 1. The van der Waals surface area contributed by atoms with Crippen LogP contribution in [-0.4, -0.2) is 20.9 Å². The van der Waals surface area contributed by atoms with Gasteiger partial charge in [-0.1, -0.05) is 35.5 Å². The monoisotopic (exact) mass is 356 g/mol. The molecular formula is C21H16N4O2. The van der Waals surface area contributed by atoms with E-state index in [0.29, 0.717) is 17.0 Å². The number of carbonyl (C=O) groups excluding carboxylic acids is 1. The summed E-state index contributed by atoms with van der Waals surface area (Å²) in [5.74, 6) is 1.20. The number of anilines is 1. The molecule has 1 aromatic heterocycles. The van der Waals surface area contributed by atoms with Crippen LogP contribution in [0, 0.1) is 0 Å².